The van der Waals surface area contributed by atoms with Crippen LogP contribution in [0.1, 0.15) is 0 Å². The molecule has 0 saturated carbocycles. The van der Waals surface area contributed by atoms with Crippen molar-refractivity contribution in [3.8, 4) is 10.4 Å². The molecule has 0 N–H and O–H groups in total. The topological polar surface area (TPSA) is 56.0 Å². The first-order valence-electron chi connectivity index (χ1n) is 4.00. The van der Waals surface area contributed by atoms with Crippen molar-refractivity contribution in [1.29, 1.82) is 0 Å². The van der Waals surface area contributed by atoms with Crippen LogP contribution in [-0.2, 0) is 0 Å². The molecule has 0 aliphatic heterocycles. The largest absolute Gasteiger partial charge is 0.271 e. The number of nitro benzene ring substituents is 1. The highest BCUT2D eigenvalue weighted by Gasteiger charge is 2.10. The van der Waals surface area contributed by atoms with Gasteiger partial charge in [-0.1, -0.05) is 11.6 Å². The lowest BCUT2D eigenvalue weighted by Gasteiger charge is -1.98. The first-order valence-corrected chi connectivity index (χ1v) is 5.26. The normalized spacial score (nSPS) is 10.2. The Labute approximate surface area is 94.3 Å². The van der Waals surface area contributed by atoms with Crippen molar-refractivity contribution in [2.45, 2.75) is 0 Å². The molecule has 0 aliphatic carbocycles. The predicted octanol–water partition coefficient (Wildman–Crippen LogP) is 3.37. The highest BCUT2D eigenvalue weighted by molar-refractivity contribution is 7.13. The summed E-state index contributed by atoms with van der Waals surface area (Å²) in [6, 6.07) is 4.49. The van der Waals surface area contributed by atoms with Gasteiger partial charge in [0, 0.05) is 28.9 Å². The van der Waals surface area contributed by atoms with Crippen LogP contribution in [0.15, 0.2) is 29.9 Å². The molecular weight excluding hydrogens is 236 g/mol. The van der Waals surface area contributed by atoms with Gasteiger partial charge in [-0.05, 0) is 6.07 Å². The Hall–Kier alpha value is -1.46. The molecule has 0 spiro atoms. The number of hydrogen-bond donors (Lipinski definition) is 0. The Morgan fingerprint density at radius 3 is 2.80 bits per heavy atom. The highest BCUT2D eigenvalue weighted by Crippen LogP contribution is 2.30. The maximum Gasteiger partial charge on any atom is 0.271 e. The Kier molecular flexibility index (Phi) is 2.66. The van der Waals surface area contributed by atoms with Crippen LogP contribution in [0.5, 0.6) is 0 Å². The third-order valence-electron chi connectivity index (χ3n) is 1.81. The lowest BCUT2D eigenvalue weighted by Crippen LogP contribution is -1.88. The van der Waals surface area contributed by atoms with E-state index in [0.717, 1.165) is 10.4 Å². The zero-order valence-corrected chi connectivity index (χ0v) is 8.96. The molecule has 2 rings (SSSR count). The Bertz CT molecular complexity index is 499. The van der Waals surface area contributed by atoms with Crippen molar-refractivity contribution < 1.29 is 4.92 Å². The van der Waals surface area contributed by atoms with Gasteiger partial charge in [-0.25, -0.2) is 0 Å². The van der Waals surface area contributed by atoms with Gasteiger partial charge in [0.2, 0.25) is 0 Å². The number of nitro groups is 1. The van der Waals surface area contributed by atoms with E-state index >= 15 is 0 Å². The minimum atomic E-state index is -0.462. The Balaban J connectivity index is 2.54. The molecule has 6 heteroatoms. The van der Waals surface area contributed by atoms with Crippen LogP contribution < -0.4 is 0 Å². The molecule has 1 aromatic carbocycles. The van der Waals surface area contributed by atoms with E-state index in [1.807, 2.05) is 0 Å². The van der Waals surface area contributed by atoms with Crippen molar-refractivity contribution in [3.05, 3.63) is 45.0 Å². The van der Waals surface area contributed by atoms with Gasteiger partial charge < -0.3 is 0 Å². The van der Waals surface area contributed by atoms with Gasteiger partial charge in [0.05, 0.1) is 15.3 Å². The summed E-state index contributed by atoms with van der Waals surface area (Å²) in [5, 5.41) is 11.0. The number of nitrogens with zero attached hydrogens (tertiary/aromatic N) is 2. The van der Waals surface area contributed by atoms with Crippen molar-refractivity contribution in [3.63, 3.8) is 0 Å². The fraction of sp³-hybridized carbons (Fsp3) is 0. The molecule has 15 heavy (non-hydrogen) atoms. The summed E-state index contributed by atoms with van der Waals surface area (Å²) in [6.07, 6.45) is 1.65. The lowest BCUT2D eigenvalue weighted by molar-refractivity contribution is -0.384. The molecule has 0 unspecified atom stereocenters. The van der Waals surface area contributed by atoms with Gasteiger partial charge >= 0.3 is 0 Å². The van der Waals surface area contributed by atoms with Crippen molar-refractivity contribution >= 4 is 28.6 Å². The van der Waals surface area contributed by atoms with Gasteiger partial charge in [-0.3, -0.25) is 15.1 Å². The highest BCUT2D eigenvalue weighted by atomic mass is 35.5. The monoisotopic (exact) mass is 240 g/mol. The van der Waals surface area contributed by atoms with Crippen molar-refractivity contribution in [1.82, 2.24) is 4.98 Å². The predicted molar refractivity (Wildman–Crippen MR) is 59.2 cm³/mol. The first kappa shape index (κ1) is 10.1. The van der Waals surface area contributed by atoms with Crippen molar-refractivity contribution in [2.75, 3.05) is 0 Å². The summed E-state index contributed by atoms with van der Waals surface area (Å²) in [4.78, 5) is 14.9. The fourth-order valence-electron chi connectivity index (χ4n) is 1.18. The zero-order valence-electron chi connectivity index (χ0n) is 7.38. The molecule has 0 atom stereocenters. The van der Waals surface area contributed by atoms with Crippen LogP contribution in [-0.4, -0.2) is 9.91 Å². The Morgan fingerprint density at radius 1 is 1.40 bits per heavy atom. The second kappa shape index (κ2) is 3.96. The van der Waals surface area contributed by atoms with E-state index in [1.165, 1.54) is 23.5 Å². The molecule has 0 saturated heterocycles. The maximum atomic E-state index is 10.6. The molecule has 76 valence electrons. The number of halogens is 1. The Morgan fingerprint density at radius 2 is 2.20 bits per heavy atom. The number of aromatic nitrogens is 1. The van der Waals surface area contributed by atoms with Crippen LogP contribution >= 0.6 is 22.9 Å². The van der Waals surface area contributed by atoms with E-state index in [2.05, 4.69) is 4.98 Å². The first-order chi connectivity index (χ1) is 7.16. The second-order valence-electron chi connectivity index (χ2n) is 2.82. The summed E-state index contributed by atoms with van der Waals surface area (Å²) in [5.41, 5.74) is 2.38. The number of hydrogen-bond acceptors (Lipinski definition) is 4. The van der Waals surface area contributed by atoms with Crippen LogP contribution in [0.4, 0.5) is 5.69 Å². The molecule has 0 radical (unpaired) electrons. The van der Waals surface area contributed by atoms with Gasteiger partial charge in [0.1, 0.15) is 0 Å². The standard InChI is InChI=1S/C9H5ClN2O2S/c10-7-1-6(9-4-11-5-15-9)2-8(3-7)12(13)14/h1-5H. The van der Waals surface area contributed by atoms with E-state index in [-0.39, 0.29) is 5.69 Å². The zero-order chi connectivity index (χ0) is 10.8. The lowest BCUT2D eigenvalue weighted by atomic mass is 10.2. The van der Waals surface area contributed by atoms with Gasteiger partial charge in [0.15, 0.2) is 0 Å². The van der Waals surface area contributed by atoms with E-state index in [4.69, 9.17) is 11.6 Å². The number of non-ortho nitro benzene ring substituents is 1. The third kappa shape index (κ3) is 2.14. The van der Waals surface area contributed by atoms with Gasteiger partial charge in [-0.15, -0.1) is 11.3 Å². The van der Waals surface area contributed by atoms with Crippen LogP contribution in [0, 0.1) is 10.1 Å². The van der Waals surface area contributed by atoms with Gasteiger partial charge in [-0.2, -0.15) is 0 Å². The summed E-state index contributed by atoms with van der Waals surface area (Å²) in [7, 11) is 0. The van der Waals surface area contributed by atoms with Crippen LogP contribution in [0.2, 0.25) is 5.02 Å². The molecular formula is C9H5ClN2O2S. The summed E-state index contributed by atoms with van der Waals surface area (Å²) in [5.74, 6) is 0. The molecule has 2 aromatic rings. The SMILES string of the molecule is O=[N+]([O-])c1cc(Cl)cc(-c2cncs2)c1. The third-order valence-corrected chi connectivity index (χ3v) is 2.85. The molecule has 1 aromatic heterocycles. The van der Waals surface area contributed by atoms with Gasteiger partial charge in [0.25, 0.3) is 5.69 Å². The second-order valence-corrected chi connectivity index (χ2v) is 4.14. The quantitative estimate of drug-likeness (QED) is 0.597. The van der Waals surface area contributed by atoms with Crippen LogP contribution in [0.25, 0.3) is 10.4 Å². The van der Waals surface area contributed by atoms with E-state index < -0.39 is 4.92 Å². The van der Waals surface area contributed by atoms with E-state index in [0.29, 0.717) is 5.02 Å². The van der Waals surface area contributed by atoms with E-state index in [9.17, 15) is 10.1 Å². The summed E-state index contributed by atoms with van der Waals surface area (Å²) in [6.45, 7) is 0. The number of thiazole rings is 1. The number of rotatable bonds is 2. The average Bonchev–Trinajstić information content (AvgIpc) is 2.69. The average molecular weight is 241 g/mol. The molecule has 0 fully saturated rings. The molecule has 0 aliphatic rings. The van der Waals surface area contributed by atoms with Crippen molar-refractivity contribution in [2.24, 2.45) is 0 Å². The minimum Gasteiger partial charge on any atom is -0.258 e. The molecule has 0 amide bonds. The van der Waals surface area contributed by atoms with Crippen LogP contribution in [0.3, 0.4) is 0 Å². The molecule has 4 nitrogen and oxygen atoms in total. The smallest absolute Gasteiger partial charge is 0.258 e. The fourth-order valence-corrected chi connectivity index (χ4v) is 2.02. The molecule has 1 heterocycles. The number of benzene rings is 1. The van der Waals surface area contributed by atoms with E-state index in [1.54, 1.807) is 17.8 Å². The summed E-state index contributed by atoms with van der Waals surface area (Å²) < 4.78 is 0. The molecule has 0 bridgehead atoms. The maximum absolute atomic E-state index is 10.6. The summed E-state index contributed by atoms with van der Waals surface area (Å²) >= 11 is 7.20. The minimum absolute atomic E-state index is 0.00843.